The predicted molar refractivity (Wildman–Crippen MR) is 85.8 cm³/mol. The first kappa shape index (κ1) is 15.5. The SMILES string of the molecule is Cc1ccc(C(CN)N2CCN(CC(C)C)CC2)cc1. The molecule has 1 aromatic rings. The zero-order valence-corrected chi connectivity index (χ0v) is 13.2. The number of rotatable bonds is 5. The first-order valence-corrected chi connectivity index (χ1v) is 7.83. The van der Waals surface area contributed by atoms with Crippen LogP contribution in [0, 0.1) is 12.8 Å². The summed E-state index contributed by atoms with van der Waals surface area (Å²) < 4.78 is 0. The van der Waals surface area contributed by atoms with Crippen molar-refractivity contribution in [3.63, 3.8) is 0 Å². The Morgan fingerprint density at radius 1 is 1.05 bits per heavy atom. The van der Waals surface area contributed by atoms with Crippen LogP contribution in [0.5, 0.6) is 0 Å². The van der Waals surface area contributed by atoms with Crippen LogP contribution in [0.25, 0.3) is 0 Å². The van der Waals surface area contributed by atoms with Gasteiger partial charge in [-0.2, -0.15) is 0 Å². The fraction of sp³-hybridized carbons (Fsp3) is 0.647. The molecule has 1 aliphatic heterocycles. The number of benzene rings is 1. The van der Waals surface area contributed by atoms with E-state index in [0.29, 0.717) is 12.6 Å². The smallest absolute Gasteiger partial charge is 0.0471 e. The van der Waals surface area contributed by atoms with Crippen molar-refractivity contribution in [2.75, 3.05) is 39.3 Å². The van der Waals surface area contributed by atoms with Crippen molar-refractivity contribution >= 4 is 0 Å². The monoisotopic (exact) mass is 275 g/mol. The lowest BCUT2D eigenvalue weighted by Gasteiger charge is -2.39. The molecule has 1 aromatic carbocycles. The normalized spacial score (nSPS) is 19.4. The molecule has 0 spiro atoms. The van der Waals surface area contributed by atoms with Crippen LogP contribution in [0.4, 0.5) is 0 Å². The molecule has 1 aliphatic rings. The van der Waals surface area contributed by atoms with Gasteiger partial charge in [-0.3, -0.25) is 4.90 Å². The van der Waals surface area contributed by atoms with Gasteiger partial charge < -0.3 is 10.6 Å². The van der Waals surface area contributed by atoms with Gasteiger partial charge in [-0.05, 0) is 18.4 Å². The second kappa shape index (κ2) is 7.21. The Morgan fingerprint density at radius 3 is 2.15 bits per heavy atom. The van der Waals surface area contributed by atoms with Crippen LogP contribution in [-0.2, 0) is 0 Å². The van der Waals surface area contributed by atoms with Gasteiger partial charge in [0.15, 0.2) is 0 Å². The average Bonchev–Trinajstić information content (AvgIpc) is 2.43. The van der Waals surface area contributed by atoms with E-state index >= 15 is 0 Å². The fourth-order valence-corrected chi connectivity index (χ4v) is 3.06. The second-order valence-electron chi connectivity index (χ2n) is 6.39. The molecular weight excluding hydrogens is 246 g/mol. The molecular formula is C17H29N3. The van der Waals surface area contributed by atoms with E-state index < -0.39 is 0 Å². The Bertz CT molecular complexity index is 391. The lowest BCUT2D eigenvalue weighted by molar-refractivity contribution is 0.0912. The Morgan fingerprint density at radius 2 is 1.65 bits per heavy atom. The molecule has 0 aliphatic carbocycles. The van der Waals surface area contributed by atoms with Crippen molar-refractivity contribution in [1.29, 1.82) is 0 Å². The zero-order chi connectivity index (χ0) is 14.5. The highest BCUT2D eigenvalue weighted by Crippen LogP contribution is 2.21. The van der Waals surface area contributed by atoms with Crippen molar-refractivity contribution in [2.45, 2.75) is 26.8 Å². The number of hydrogen-bond donors (Lipinski definition) is 1. The summed E-state index contributed by atoms with van der Waals surface area (Å²) in [5.41, 5.74) is 8.70. The standard InChI is InChI=1S/C17H29N3/c1-14(2)13-19-8-10-20(11-9-19)17(12-18)16-6-4-15(3)5-7-16/h4-7,14,17H,8-13,18H2,1-3H3. The zero-order valence-electron chi connectivity index (χ0n) is 13.2. The van der Waals surface area contributed by atoms with Crippen LogP contribution >= 0.6 is 0 Å². The van der Waals surface area contributed by atoms with Gasteiger partial charge in [0, 0.05) is 45.3 Å². The van der Waals surface area contributed by atoms with Crippen molar-refractivity contribution in [2.24, 2.45) is 11.7 Å². The number of nitrogens with zero attached hydrogens (tertiary/aromatic N) is 2. The van der Waals surface area contributed by atoms with E-state index in [2.05, 4.69) is 54.8 Å². The summed E-state index contributed by atoms with van der Waals surface area (Å²) >= 11 is 0. The van der Waals surface area contributed by atoms with Gasteiger partial charge in [0.25, 0.3) is 0 Å². The molecule has 0 bridgehead atoms. The topological polar surface area (TPSA) is 32.5 Å². The third-order valence-corrected chi connectivity index (χ3v) is 4.16. The minimum atomic E-state index is 0.372. The molecule has 1 atom stereocenters. The van der Waals surface area contributed by atoms with E-state index in [1.807, 2.05) is 0 Å². The van der Waals surface area contributed by atoms with Crippen molar-refractivity contribution < 1.29 is 0 Å². The lowest BCUT2D eigenvalue weighted by Crippen LogP contribution is -2.49. The van der Waals surface area contributed by atoms with Crippen LogP contribution in [0.1, 0.15) is 31.0 Å². The summed E-state index contributed by atoms with van der Waals surface area (Å²) in [4.78, 5) is 5.12. The van der Waals surface area contributed by atoms with E-state index in [-0.39, 0.29) is 0 Å². The van der Waals surface area contributed by atoms with Crippen molar-refractivity contribution in [3.8, 4) is 0 Å². The lowest BCUT2D eigenvalue weighted by atomic mass is 10.0. The van der Waals surface area contributed by atoms with Gasteiger partial charge in [-0.1, -0.05) is 43.7 Å². The second-order valence-corrected chi connectivity index (χ2v) is 6.39. The number of nitrogens with two attached hydrogens (primary N) is 1. The summed E-state index contributed by atoms with van der Waals surface area (Å²) in [5, 5.41) is 0. The van der Waals surface area contributed by atoms with E-state index in [0.717, 1.165) is 19.0 Å². The fourth-order valence-electron chi connectivity index (χ4n) is 3.06. The Kier molecular flexibility index (Phi) is 5.58. The summed E-state index contributed by atoms with van der Waals surface area (Å²) in [5.74, 6) is 0.754. The summed E-state index contributed by atoms with van der Waals surface area (Å²) in [6.45, 7) is 13.2. The molecule has 0 saturated carbocycles. The van der Waals surface area contributed by atoms with Gasteiger partial charge in [-0.15, -0.1) is 0 Å². The molecule has 3 heteroatoms. The molecule has 0 amide bonds. The molecule has 2 rings (SSSR count). The largest absolute Gasteiger partial charge is 0.329 e. The van der Waals surface area contributed by atoms with Crippen LogP contribution < -0.4 is 5.73 Å². The van der Waals surface area contributed by atoms with Crippen LogP contribution in [0.2, 0.25) is 0 Å². The maximum Gasteiger partial charge on any atom is 0.0471 e. The molecule has 1 saturated heterocycles. The van der Waals surface area contributed by atoms with E-state index in [1.165, 1.54) is 30.8 Å². The molecule has 0 radical (unpaired) electrons. The maximum atomic E-state index is 6.03. The van der Waals surface area contributed by atoms with E-state index in [1.54, 1.807) is 0 Å². The van der Waals surface area contributed by atoms with Gasteiger partial charge >= 0.3 is 0 Å². The number of hydrogen-bond acceptors (Lipinski definition) is 3. The maximum absolute atomic E-state index is 6.03. The van der Waals surface area contributed by atoms with Crippen molar-refractivity contribution in [1.82, 2.24) is 9.80 Å². The van der Waals surface area contributed by atoms with Crippen LogP contribution in [-0.4, -0.2) is 49.1 Å². The number of piperazine rings is 1. The van der Waals surface area contributed by atoms with Crippen molar-refractivity contribution in [3.05, 3.63) is 35.4 Å². The van der Waals surface area contributed by atoms with Gasteiger partial charge in [0.1, 0.15) is 0 Å². The molecule has 2 N–H and O–H groups in total. The van der Waals surface area contributed by atoms with Crippen LogP contribution in [0.3, 0.4) is 0 Å². The third kappa shape index (κ3) is 4.05. The summed E-state index contributed by atoms with van der Waals surface area (Å²) in [6, 6.07) is 9.21. The number of aryl methyl sites for hydroxylation is 1. The molecule has 20 heavy (non-hydrogen) atoms. The molecule has 1 unspecified atom stereocenters. The summed E-state index contributed by atoms with van der Waals surface area (Å²) in [7, 11) is 0. The van der Waals surface area contributed by atoms with Gasteiger partial charge in [-0.25, -0.2) is 0 Å². The Balaban J connectivity index is 1.95. The van der Waals surface area contributed by atoms with Gasteiger partial charge in [0.2, 0.25) is 0 Å². The highest BCUT2D eigenvalue weighted by molar-refractivity contribution is 5.24. The van der Waals surface area contributed by atoms with E-state index in [4.69, 9.17) is 5.73 Å². The highest BCUT2D eigenvalue weighted by Gasteiger charge is 2.24. The average molecular weight is 275 g/mol. The minimum Gasteiger partial charge on any atom is -0.329 e. The van der Waals surface area contributed by atoms with Gasteiger partial charge in [0.05, 0.1) is 0 Å². The molecule has 1 heterocycles. The molecule has 1 fully saturated rings. The molecule has 3 nitrogen and oxygen atoms in total. The first-order chi connectivity index (χ1) is 9.60. The Labute approximate surface area is 123 Å². The molecule has 112 valence electrons. The highest BCUT2D eigenvalue weighted by atomic mass is 15.3. The predicted octanol–water partition coefficient (Wildman–Crippen LogP) is 2.27. The Hall–Kier alpha value is -0.900. The van der Waals surface area contributed by atoms with Crippen LogP contribution in [0.15, 0.2) is 24.3 Å². The quantitative estimate of drug-likeness (QED) is 0.895. The third-order valence-electron chi connectivity index (χ3n) is 4.16. The first-order valence-electron chi connectivity index (χ1n) is 7.83. The van der Waals surface area contributed by atoms with E-state index in [9.17, 15) is 0 Å². The minimum absolute atomic E-state index is 0.372. The molecule has 0 aromatic heterocycles. The summed E-state index contributed by atoms with van der Waals surface area (Å²) in [6.07, 6.45) is 0.